The lowest BCUT2D eigenvalue weighted by molar-refractivity contribution is -0.142. The highest BCUT2D eigenvalue weighted by molar-refractivity contribution is 5.78. The molecule has 1 aliphatic heterocycles. The zero-order chi connectivity index (χ0) is 14.7. The summed E-state index contributed by atoms with van der Waals surface area (Å²) >= 11 is 0. The van der Waals surface area contributed by atoms with Gasteiger partial charge in [0.2, 0.25) is 0 Å². The minimum Gasteiger partial charge on any atom is -0.481 e. The molecule has 1 aromatic heterocycles. The highest BCUT2D eigenvalue weighted by Gasteiger charge is 2.37. The van der Waals surface area contributed by atoms with E-state index in [9.17, 15) is 9.59 Å². The summed E-state index contributed by atoms with van der Waals surface area (Å²) in [6.07, 6.45) is 4.19. The number of carboxylic acids is 1. The van der Waals surface area contributed by atoms with E-state index in [1.807, 2.05) is 13.1 Å². The molecule has 2 atom stereocenters. The average molecular weight is 280 g/mol. The Hall–Kier alpha value is -2.05. The summed E-state index contributed by atoms with van der Waals surface area (Å²) in [6.45, 7) is 5.30. The van der Waals surface area contributed by atoms with E-state index in [1.165, 1.54) is 0 Å². The van der Waals surface area contributed by atoms with E-state index < -0.39 is 11.9 Å². The Labute approximate surface area is 117 Å². The number of nitrogens with one attached hydrogen (secondary N) is 1. The number of likely N-dealkylation sites (tertiary alicyclic amines) is 1. The van der Waals surface area contributed by atoms with Gasteiger partial charge < -0.3 is 15.3 Å². The lowest BCUT2D eigenvalue weighted by Gasteiger charge is -2.23. The van der Waals surface area contributed by atoms with Crippen molar-refractivity contribution in [1.29, 1.82) is 0 Å². The molecule has 1 aliphatic rings. The first-order valence-electron chi connectivity index (χ1n) is 6.75. The van der Waals surface area contributed by atoms with Crippen LogP contribution in [0.25, 0.3) is 0 Å². The van der Waals surface area contributed by atoms with Crippen molar-refractivity contribution in [3.63, 3.8) is 0 Å². The minimum absolute atomic E-state index is 0.204. The molecule has 0 aromatic carbocycles. The number of rotatable bonds is 4. The molecule has 2 rings (SSSR count). The molecule has 20 heavy (non-hydrogen) atoms. The van der Waals surface area contributed by atoms with Crippen molar-refractivity contribution in [3.8, 4) is 0 Å². The van der Waals surface area contributed by atoms with Crippen LogP contribution in [-0.4, -0.2) is 50.9 Å². The maximum absolute atomic E-state index is 12.0. The number of carbonyl (C=O) groups is 2. The number of aryl methyl sites for hydroxylation is 1. The van der Waals surface area contributed by atoms with Gasteiger partial charge in [-0.25, -0.2) is 4.79 Å². The van der Waals surface area contributed by atoms with Gasteiger partial charge in [0.25, 0.3) is 0 Å². The molecule has 2 unspecified atom stereocenters. The first-order chi connectivity index (χ1) is 9.49. The SMILES string of the molecule is Cc1cnn(CCNC(=O)N2CCC(C(=O)O)C2C)c1. The van der Waals surface area contributed by atoms with Crippen molar-refractivity contribution < 1.29 is 14.7 Å². The number of amides is 2. The van der Waals surface area contributed by atoms with Crippen LogP contribution in [0.2, 0.25) is 0 Å². The second-order valence-corrected chi connectivity index (χ2v) is 5.18. The Kier molecular flexibility index (Phi) is 4.26. The van der Waals surface area contributed by atoms with Crippen LogP contribution in [0.15, 0.2) is 12.4 Å². The Balaban J connectivity index is 1.79. The van der Waals surface area contributed by atoms with Gasteiger partial charge in [0.15, 0.2) is 0 Å². The second kappa shape index (κ2) is 5.94. The summed E-state index contributed by atoms with van der Waals surface area (Å²) in [6, 6.07) is -0.468. The minimum atomic E-state index is -0.834. The van der Waals surface area contributed by atoms with E-state index in [0.29, 0.717) is 26.1 Å². The van der Waals surface area contributed by atoms with E-state index in [-0.39, 0.29) is 12.1 Å². The molecule has 1 saturated heterocycles. The highest BCUT2D eigenvalue weighted by atomic mass is 16.4. The van der Waals surface area contributed by atoms with Crippen molar-refractivity contribution in [1.82, 2.24) is 20.0 Å². The van der Waals surface area contributed by atoms with Gasteiger partial charge in [0.1, 0.15) is 0 Å². The number of carboxylic acid groups (broad SMARTS) is 1. The number of aliphatic carboxylic acids is 1. The number of hydrogen-bond acceptors (Lipinski definition) is 3. The maximum atomic E-state index is 12.0. The molecule has 2 heterocycles. The molecule has 2 amide bonds. The van der Waals surface area contributed by atoms with E-state index in [0.717, 1.165) is 5.56 Å². The maximum Gasteiger partial charge on any atom is 0.317 e. The van der Waals surface area contributed by atoms with Gasteiger partial charge in [-0.1, -0.05) is 0 Å². The van der Waals surface area contributed by atoms with E-state index >= 15 is 0 Å². The summed E-state index contributed by atoms with van der Waals surface area (Å²) < 4.78 is 1.77. The smallest absolute Gasteiger partial charge is 0.317 e. The normalized spacial score (nSPS) is 22.0. The van der Waals surface area contributed by atoms with Crippen molar-refractivity contribution in [2.24, 2.45) is 5.92 Å². The zero-order valence-electron chi connectivity index (χ0n) is 11.7. The molecular weight excluding hydrogens is 260 g/mol. The molecule has 0 spiro atoms. The first kappa shape index (κ1) is 14.4. The number of aromatic nitrogens is 2. The molecule has 110 valence electrons. The Morgan fingerprint density at radius 1 is 1.55 bits per heavy atom. The number of hydrogen-bond donors (Lipinski definition) is 2. The van der Waals surface area contributed by atoms with Crippen molar-refractivity contribution >= 4 is 12.0 Å². The lowest BCUT2D eigenvalue weighted by Crippen LogP contribution is -2.44. The van der Waals surface area contributed by atoms with Gasteiger partial charge in [-0.05, 0) is 25.8 Å². The van der Waals surface area contributed by atoms with Gasteiger partial charge in [-0.2, -0.15) is 5.10 Å². The Morgan fingerprint density at radius 3 is 2.85 bits per heavy atom. The van der Waals surface area contributed by atoms with Crippen LogP contribution >= 0.6 is 0 Å². The topological polar surface area (TPSA) is 87.5 Å². The van der Waals surface area contributed by atoms with Crippen LogP contribution in [0.5, 0.6) is 0 Å². The van der Waals surface area contributed by atoms with Crippen molar-refractivity contribution in [2.75, 3.05) is 13.1 Å². The predicted octanol–water partition coefficient (Wildman–Crippen LogP) is 0.696. The predicted molar refractivity (Wildman–Crippen MR) is 72.3 cm³/mol. The van der Waals surface area contributed by atoms with Gasteiger partial charge in [0, 0.05) is 25.3 Å². The fraction of sp³-hybridized carbons (Fsp3) is 0.615. The molecule has 0 radical (unpaired) electrons. The summed E-state index contributed by atoms with van der Waals surface area (Å²) in [7, 11) is 0. The van der Waals surface area contributed by atoms with E-state index in [4.69, 9.17) is 5.11 Å². The monoisotopic (exact) mass is 280 g/mol. The average Bonchev–Trinajstić information content (AvgIpc) is 2.95. The zero-order valence-corrected chi connectivity index (χ0v) is 11.7. The molecular formula is C13H20N4O3. The molecule has 0 saturated carbocycles. The van der Waals surface area contributed by atoms with Gasteiger partial charge in [-0.3, -0.25) is 9.48 Å². The highest BCUT2D eigenvalue weighted by Crippen LogP contribution is 2.24. The molecule has 0 bridgehead atoms. The van der Waals surface area contributed by atoms with Crippen LogP contribution in [0.1, 0.15) is 18.9 Å². The third-order valence-corrected chi connectivity index (χ3v) is 3.71. The van der Waals surface area contributed by atoms with Crippen LogP contribution in [0.4, 0.5) is 4.79 Å². The number of nitrogens with zero attached hydrogens (tertiary/aromatic N) is 3. The Bertz CT molecular complexity index is 500. The molecule has 1 fully saturated rings. The Morgan fingerprint density at radius 2 is 2.30 bits per heavy atom. The summed E-state index contributed by atoms with van der Waals surface area (Å²) in [5, 5.41) is 16.0. The van der Waals surface area contributed by atoms with Gasteiger partial charge >= 0.3 is 12.0 Å². The van der Waals surface area contributed by atoms with Crippen LogP contribution in [0, 0.1) is 12.8 Å². The van der Waals surface area contributed by atoms with E-state index in [1.54, 1.807) is 22.7 Å². The fourth-order valence-corrected chi connectivity index (χ4v) is 2.52. The fourth-order valence-electron chi connectivity index (χ4n) is 2.52. The van der Waals surface area contributed by atoms with Crippen molar-refractivity contribution in [3.05, 3.63) is 18.0 Å². The second-order valence-electron chi connectivity index (χ2n) is 5.18. The van der Waals surface area contributed by atoms with Crippen LogP contribution in [0.3, 0.4) is 0 Å². The summed E-state index contributed by atoms with van der Waals surface area (Å²) in [5.41, 5.74) is 1.08. The van der Waals surface area contributed by atoms with Crippen LogP contribution in [-0.2, 0) is 11.3 Å². The quantitative estimate of drug-likeness (QED) is 0.849. The van der Waals surface area contributed by atoms with E-state index in [2.05, 4.69) is 10.4 Å². The third-order valence-electron chi connectivity index (χ3n) is 3.71. The number of urea groups is 1. The van der Waals surface area contributed by atoms with Gasteiger partial charge in [0.05, 0.1) is 18.7 Å². The largest absolute Gasteiger partial charge is 0.481 e. The third kappa shape index (κ3) is 3.09. The van der Waals surface area contributed by atoms with Crippen LogP contribution < -0.4 is 5.32 Å². The summed E-state index contributed by atoms with van der Waals surface area (Å²) in [5.74, 6) is -1.30. The summed E-state index contributed by atoms with van der Waals surface area (Å²) in [4.78, 5) is 24.6. The first-order valence-corrected chi connectivity index (χ1v) is 6.75. The molecule has 1 aromatic rings. The molecule has 2 N–H and O–H groups in total. The standard InChI is InChI=1S/C13H20N4O3/c1-9-7-15-16(8-9)6-4-14-13(20)17-5-3-11(10(17)2)12(18)19/h7-8,10-11H,3-6H2,1-2H3,(H,14,20)(H,18,19). The van der Waals surface area contributed by atoms with Crippen molar-refractivity contribution in [2.45, 2.75) is 32.9 Å². The molecule has 7 heteroatoms. The lowest BCUT2D eigenvalue weighted by atomic mass is 10.0. The van der Waals surface area contributed by atoms with Gasteiger partial charge in [-0.15, -0.1) is 0 Å². The molecule has 7 nitrogen and oxygen atoms in total. The number of carbonyl (C=O) groups excluding carboxylic acids is 1. The molecule has 0 aliphatic carbocycles.